The molecule has 1 aromatic carbocycles. The summed E-state index contributed by atoms with van der Waals surface area (Å²) in [6.45, 7) is 1.97. The second-order valence-electron chi connectivity index (χ2n) is 5.78. The van der Waals surface area contributed by atoms with Crippen molar-refractivity contribution >= 4 is 22.4 Å². The molecule has 24 heavy (non-hydrogen) atoms. The molecule has 0 saturated heterocycles. The van der Waals surface area contributed by atoms with E-state index in [1.165, 1.54) is 10.9 Å². The lowest BCUT2D eigenvalue weighted by Crippen LogP contribution is -1.99. The van der Waals surface area contributed by atoms with Crippen LogP contribution in [-0.2, 0) is 7.05 Å². The van der Waals surface area contributed by atoms with E-state index in [1.807, 2.05) is 32.2 Å². The number of anilines is 2. The summed E-state index contributed by atoms with van der Waals surface area (Å²) in [5, 5.41) is 4.61. The maximum atomic E-state index is 4.63. The number of hydrogen-bond donors (Lipinski definition) is 1. The Hall–Kier alpha value is -3.21. The first kappa shape index (κ1) is 14.4. The van der Waals surface area contributed by atoms with Gasteiger partial charge in [0.25, 0.3) is 0 Å². The molecule has 3 heterocycles. The van der Waals surface area contributed by atoms with E-state index in [-0.39, 0.29) is 0 Å². The molecule has 0 bridgehead atoms. The van der Waals surface area contributed by atoms with Gasteiger partial charge in [-0.1, -0.05) is 6.07 Å². The van der Waals surface area contributed by atoms with Gasteiger partial charge in [0.2, 0.25) is 0 Å². The second-order valence-corrected chi connectivity index (χ2v) is 5.78. The third-order valence-corrected chi connectivity index (χ3v) is 3.95. The largest absolute Gasteiger partial charge is 0.350 e. The average molecular weight is 315 g/mol. The van der Waals surface area contributed by atoms with E-state index < -0.39 is 0 Å². The fraction of sp³-hybridized carbons (Fsp3) is 0.105. The van der Waals surface area contributed by atoms with Crippen molar-refractivity contribution in [2.24, 2.45) is 7.05 Å². The van der Waals surface area contributed by atoms with Crippen LogP contribution in [0.4, 0.5) is 11.5 Å². The van der Waals surface area contributed by atoms with Gasteiger partial charge in [0, 0.05) is 54.2 Å². The van der Waals surface area contributed by atoms with Crippen molar-refractivity contribution in [1.29, 1.82) is 0 Å². The minimum Gasteiger partial charge on any atom is -0.350 e. The Kier molecular flexibility index (Phi) is 3.46. The topological polar surface area (TPSA) is 55.6 Å². The van der Waals surface area contributed by atoms with Crippen molar-refractivity contribution in [3.63, 3.8) is 0 Å². The monoisotopic (exact) mass is 315 g/mol. The van der Waals surface area contributed by atoms with Crippen LogP contribution in [0.2, 0.25) is 0 Å². The molecule has 0 amide bonds. The Labute approximate surface area is 140 Å². The fourth-order valence-corrected chi connectivity index (χ4v) is 2.75. The van der Waals surface area contributed by atoms with Crippen LogP contribution in [0.1, 0.15) is 5.69 Å². The Morgan fingerprint density at radius 1 is 0.958 bits per heavy atom. The molecule has 0 saturated carbocycles. The quantitative estimate of drug-likeness (QED) is 0.619. The molecule has 0 fully saturated rings. The third-order valence-electron chi connectivity index (χ3n) is 3.95. The summed E-state index contributed by atoms with van der Waals surface area (Å²) in [6.07, 6.45) is 5.56. The minimum atomic E-state index is 0.694. The summed E-state index contributed by atoms with van der Waals surface area (Å²) >= 11 is 0. The number of fused-ring (bicyclic) bond motifs is 1. The van der Waals surface area contributed by atoms with Crippen LogP contribution in [0.15, 0.2) is 61.1 Å². The van der Waals surface area contributed by atoms with Gasteiger partial charge in [0.15, 0.2) is 5.82 Å². The maximum Gasteiger partial charge on any atom is 0.161 e. The van der Waals surface area contributed by atoms with Gasteiger partial charge in [-0.25, -0.2) is 9.97 Å². The molecule has 0 unspecified atom stereocenters. The predicted octanol–water partition coefficient (Wildman–Crippen LogP) is 4.08. The molecule has 0 aliphatic carbocycles. The normalized spacial score (nSPS) is 10.9. The summed E-state index contributed by atoms with van der Waals surface area (Å²) in [4.78, 5) is 13.2. The highest BCUT2D eigenvalue weighted by Gasteiger charge is 2.06. The lowest BCUT2D eigenvalue weighted by molar-refractivity contribution is 0.969. The minimum absolute atomic E-state index is 0.694. The Morgan fingerprint density at radius 3 is 2.62 bits per heavy atom. The first-order valence-corrected chi connectivity index (χ1v) is 7.77. The van der Waals surface area contributed by atoms with E-state index in [4.69, 9.17) is 0 Å². The van der Waals surface area contributed by atoms with Gasteiger partial charge >= 0.3 is 0 Å². The zero-order valence-electron chi connectivity index (χ0n) is 13.6. The molecular weight excluding hydrogens is 298 g/mol. The zero-order valence-corrected chi connectivity index (χ0v) is 13.6. The number of nitrogens with one attached hydrogen (secondary N) is 1. The molecule has 3 aromatic heterocycles. The first-order valence-electron chi connectivity index (χ1n) is 7.77. The highest BCUT2D eigenvalue weighted by Crippen LogP contribution is 2.24. The molecule has 0 aliphatic heterocycles. The first-order chi connectivity index (χ1) is 11.7. The molecule has 118 valence electrons. The Balaban J connectivity index is 1.70. The van der Waals surface area contributed by atoms with Gasteiger partial charge in [-0.2, -0.15) is 0 Å². The summed E-state index contributed by atoms with van der Waals surface area (Å²) in [6, 6.07) is 14.2. The number of pyridine rings is 1. The van der Waals surface area contributed by atoms with Crippen LogP contribution in [0, 0.1) is 6.92 Å². The van der Waals surface area contributed by atoms with E-state index in [9.17, 15) is 0 Å². The highest BCUT2D eigenvalue weighted by atomic mass is 15.0. The predicted molar refractivity (Wildman–Crippen MR) is 96.2 cm³/mol. The Bertz CT molecular complexity index is 1000. The number of aromatic nitrogens is 4. The average Bonchev–Trinajstić information content (AvgIpc) is 2.96. The van der Waals surface area contributed by atoms with Crippen molar-refractivity contribution in [3.8, 4) is 11.4 Å². The summed E-state index contributed by atoms with van der Waals surface area (Å²) < 4.78 is 2.11. The molecule has 0 atom stereocenters. The van der Waals surface area contributed by atoms with E-state index in [0.717, 1.165) is 22.8 Å². The second kappa shape index (κ2) is 5.77. The fourth-order valence-electron chi connectivity index (χ4n) is 2.75. The van der Waals surface area contributed by atoms with Crippen LogP contribution in [0.25, 0.3) is 22.3 Å². The van der Waals surface area contributed by atoms with E-state index in [2.05, 4.69) is 55.3 Å². The molecular formula is C19H17N5. The van der Waals surface area contributed by atoms with Crippen molar-refractivity contribution in [2.75, 3.05) is 5.32 Å². The molecule has 4 aromatic rings. The summed E-state index contributed by atoms with van der Waals surface area (Å²) in [5.74, 6) is 1.47. The molecule has 0 aliphatic rings. The lowest BCUT2D eigenvalue weighted by atomic mass is 10.2. The summed E-state index contributed by atoms with van der Waals surface area (Å²) in [7, 11) is 2.04. The maximum absolute atomic E-state index is 4.63. The van der Waals surface area contributed by atoms with Gasteiger partial charge in [-0.15, -0.1) is 0 Å². The standard InChI is InChI=1S/C19H17N5/c1-13-11-18(23-19(21-13)15-5-8-20-9-6-15)22-16-4-3-14-7-10-24(2)17(14)12-16/h3-12H,1-2H3,(H,21,22,23). The van der Waals surface area contributed by atoms with Crippen molar-refractivity contribution in [1.82, 2.24) is 19.5 Å². The van der Waals surface area contributed by atoms with Gasteiger partial charge in [-0.3, -0.25) is 4.98 Å². The third kappa shape index (κ3) is 2.72. The smallest absolute Gasteiger partial charge is 0.161 e. The molecule has 0 spiro atoms. The molecule has 5 heteroatoms. The van der Waals surface area contributed by atoms with E-state index >= 15 is 0 Å². The van der Waals surface area contributed by atoms with Crippen molar-refractivity contribution in [3.05, 3.63) is 66.7 Å². The van der Waals surface area contributed by atoms with E-state index in [0.29, 0.717) is 5.82 Å². The zero-order chi connectivity index (χ0) is 16.5. The summed E-state index contributed by atoms with van der Waals surface area (Å²) in [5.41, 5.74) is 4.05. The van der Waals surface area contributed by atoms with Gasteiger partial charge in [-0.05, 0) is 42.6 Å². The van der Waals surface area contributed by atoms with Crippen LogP contribution >= 0.6 is 0 Å². The number of hydrogen-bond acceptors (Lipinski definition) is 4. The van der Waals surface area contributed by atoms with Crippen LogP contribution in [0.5, 0.6) is 0 Å². The number of rotatable bonds is 3. The van der Waals surface area contributed by atoms with Crippen LogP contribution in [0.3, 0.4) is 0 Å². The Morgan fingerprint density at radius 2 is 1.79 bits per heavy atom. The lowest BCUT2D eigenvalue weighted by Gasteiger charge is -2.09. The molecule has 5 nitrogen and oxygen atoms in total. The van der Waals surface area contributed by atoms with Crippen LogP contribution in [-0.4, -0.2) is 19.5 Å². The number of nitrogens with zero attached hydrogens (tertiary/aromatic N) is 4. The highest BCUT2D eigenvalue weighted by molar-refractivity contribution is 5.84. The van der Waals surface area contributed by atoms with Crippen LogP contribution < -0.4 is 5.32 Å². The van der Waals surface area contributed by atoms with Gasteiger partial charge in [0.1, 0.15) is 5.82 Å². The number of benzene rings is 1. The van der Waals surface area contributed by atoms with Crippen molar-refractivity contribution < 1.29 is 0 Å². The molecule has 4 rings (SSSR count). The molecule has 1 N–H and O–H groups in total. The van der Waals surface area contributed by atoms with E-state index in [1.54, 1.807) is 12.4 Å². The SMILES string of the molecule is Cc1cc(Nc2ccc3ccn(C)c3c2)nc(-c2ccncc2)n1. The van der Waals surface area contributed by atoms with Gasteiger partial charge in [0.05, 0.1) is 0 Å². The van der Waals surface area contributed by atoms with Gasteiger partial charge < -0.3 is 9.88 Å². The number of aryl methyl sites for hydroxylation is 2. The van der Waals surface area contributed by atoms with Crippen molar-refractivity contribution in [2.45, 2.75) is 6.92 Å². The molecule has 0 radical (unpaired) electrons.